The van der Waals surface area contributed by atoms with Gasteiger partial charge in [0.15, 0.2) is 11.6 Å². The zero-order chi connectivity index (χ0) is 11.3. The molecule has 15 heavy (non-hydrogen) atoms. The molecule has 3 N–H and O–H groups in total. The fraction of sp³-hybridized carbons (Fsp3) is 0.300. The van der Waals surface area contributed by atoms with Gasteiger partial charge in [-0.3, -0.25) is 5.41 Å². The van der Waals surface area contributed by atoms with Crippen LogP contribution in [0.1, 0.15) is 12.8 Å². The van der Waals surface area contributed by atoms with Crippen LogP contribution < -0.4 is 10.5 Å². The van der Waals surface area contributed by atoms with Crippen molar-refractivity contribution in [2.24, 2.45) is 5.73 Å². The van der Waals surface area contributed by atoms with Crippen molar-refractivity contribution in [3.8, 4) is 5.75 Å². The fourth-order valence-electron chi connectivity index (χ4n) is 1.04. The molecule has 1 rings (SSSR count). The predicted octanol–water partition coefficient (Wildman–Crippen LogP) is 2.06. The molecule has 1 aromatic carbocycles. The highest BCUT2D eigenvalue weighted by Crippen LogP contribution is 2.17. The summed E-state index contributed by atoms with van der Waals surface area (Å²) in [6.07, 6.45) is 0.939. The molecule has 0 fully saturated rings. The Bertz CT molecular complexity index is 355. The van der Waals surface area contributed by atoms with Crippen LogP contribution in [0.3, 0.4) is 0 Å². The van der Waals surface area contributed by atoms with Crippen LogP contribution in [0.15, 0.2) is 18.2 Å². The van der Waals surface area contributed by atoms with Crippen molar-refractivity contribution in [1.29, 1.82) is 5.41 Å². The number of rotatable bonds is 5. The molecule has 1 aromatic rings. The second kappa shape index (κ2) is 5.29. The van der Waals surface area contributed by atoms with Crippen molar-refractivity contribution < 1.29 is 13.5 Å². The standard InChI is InChI=1S/C10H12F2N2O/c11-7-3-4-9(8(12)6-7)15-5-1-2-10(13)14/h3-4,6H,1-2,5H2,(H3,13,14). The van der Waals surface area contributed by atoms with Gasteiger partial charge in [-0.1, -0.05) is 0 Å². The summed E-state index contributed by atoms with van der Waals surface area (Å²) in [7, 11) is 0. The molecule has 0 aliphatic rings. The van der Waals surface area contributed by atoms with Crippen LogP contribution in [-0.4, -0.2) is 12.4 Å². The average molecular weight is 214 g/mol. The molecule has 3 nitrogen and oxygen atoms in total. The lowest BCUT2D eigenvalue weighted by atomic mass is 10.3. The molecule has 0 radical (unpaired) electrons. The number of nitrogens with one attached hydrogen (secondary N) is 1. The van der Waals surface area contributed by atoms with Crippen LogP contribution in [0.25, 0.3) is 0 Å². The summed E-state index contributed by atoms with van der Waals surface area (Å²) in [4.78, 5) is 0. The number of benzene rings is 1. The number of amidine groups is 1. The van der Waals surface area contributed by atoms with E-state index in [0.29, 0.717) is 12.8 Å². The Morgan fingerprint density at radius 3 is 2.73 bits per heavy atom. The van der Waals surface area contributed by atoms with Gasteiger partial charge in [-0.15, -0.1) is 0 Å². The largest absolute Gasteiger partial charge is 0.491 e. The molecule has 0 atom stereocenters. The van der Waals surface area contributed by atoms with Gasteiger partial charge in [0.1, 0.15) is 5.82 Å². The van der Waals surface area contributed by atoms with Crippen LogP contribution in [0, 0.1) is 17.0 Å². The van der Waals surface area contributed by atoms with E-state index >= 15 is 0 Å². The van der Waals surface area contributed by atoms with Crippen molar-refractivity contribution in [2.45, 2.75) is 12.8 Å². The molecule has 0 unspecified atom stereocenters. The number of nitrogens with two attached hydrogens (primary N) is 1. The monoisotopic (exact) mass is 214 g/mol. The molecule has 0 saturated heterocycles. The van der Waals surface area contributed by atoms with E-state index in [1.165, 1.54) is 6.07 Å². The number of hydrogen-bond acceptors (Lipinski definition) is 2. The average Bonchev–Trinajstić information content (AvgIpc) is 2.14. The van der Waals surface area contributed by atoms with E-state index in [2.05, 4.69) is 0 Å². The third-order valence-electron chi connectivity index (χ3n) is 1.74. The zero-order valence-corrected chi connectivity index (χ0v) is 8.09. The maximum absolute atomic E-state index is 13.0. The topological polar surface area (TPSA) is 59.1 Å². The van der Waals surface area contributed by atoms with E-state index < -0.39 is 11.6 Å². The minimum Gasteiger partial charge on any atom is -0.491 e. The minimum absolute atomic E-state index is 0.0138. The van der Waals surface area contributed by atoms with E-state index in [0.717, 1.165) is 12.1 Å². The van der Waals surface area contributed by atoms with Gasteiger partial charge in [0.25, 0.3) is 0 Å². The Morgan fingerprint density at radius 1 is 1.40 bits per heavy atom. The normalized spacial score (nSPS) is 10.0. The summed E-state index contributed by atoms with van der Waals surface area (Å²) >= 11 is 0. The first-order valence-electron chi connectivity index (χ1n) is 4.50. The lowest BCUT2D eigenvalue weighted by molar-refractivity contribution is 0.297. The van der Waals surface area contributed by atoms with Gasteiger partial charge < -0.3 is 10.5 Å². The molecule has 0 amide bonds. The summed E-state index contributed by atoms with van der Waals surface area (Å²) in [5, 5.41) is 6.95. The molecule has 5 heteroatoms. The first-order valence-corrected chi connectivity index (χ1v) is 4.50. The van der Waals surface area contributed by atoms with Crippen molar-refractivity contribution in [2.75, 3.05) is 6.61 Å². The maximum Gasteiger partial charge on any atom is 0.167 e. The van der Waals surface area contributed by atoms with E-state index in [1.807, 2.05) is 0 Å². The van der Waals surface area contributed by atoms with E-state index in [1.54, 1.807) is 0 Å². The molecule has 0 heterocycles. The van der Waals surface area contributed by atoms with Crippen molar-refractivity contribution >= 4 is 5.84 Å². The quantitative estimate of drug-likeness (QED) is 0.447. The Labute approximate surface area is 86.4 Å². The second-order valence-corrected chi connectivity index (χ2v) is 3.05. The maximum atomic E-state index is 13.0. The summed E-state index contributed by atoms with van der Waals surface area (Å²) in [6, 6.07) is 3.13. The Kier molecular flexibility index (Phi) is 4.03. The highest BCUT2D eigenvalue weighted by atomic mass is 19.1. The molecule has 82 valence electrons. The van der Waals surface area contributed by atoms with Gasteiger partial charge in [-0.2, -0.15) is 0 Å². The zero-order valence-electron chi connectivity index (χ0n) is 8.09. The Balaban J connectivity index is 2.40. The predicted molar refractivity (Wildman–Crippen MR) is 53.0 cm³/mol. The summed E-state index contributed by atoms with van der Waals surface area (Å²) in [5.41, 5.74) is 5.13. The highest BCUT2D eigenvalue weighted by Gasteiger charge is 2.04. The Hall–Kier alpha value is -1.65. The fourth-order valence-corrected chi connectivity index (χ4v) is 1.04. The highest BCUT2D eigenvalue weighted by molar-refractivity contribution is 5.76. The summed E-state index contributed by atoms with van der Waals surface area (Å²) in [6.45, 7) is 0.252. The van der Waals surface area contributed by atoms with E-state index in [9.17, 15) is 8.78 Å². The molecule has 0 aromatic heterocycles. The first-order chi connectivity index (χ1) is 7.09. The molecule has 0 aliphatic heterocycles. The smallest absolute Gasteiger partial charge is 0.167 e. The van der Waals surface area contributed by atoms with Crippen LogP contribution in [-0.2, 0) is 0 Å². The van der Waals surface area contributed by atoms with Crippen LogP contribution in [0.5, 0.6) is 5.75 Å². The molecular weight excluding hydrogens is 202 g/mol. The molecule has 0 bridgehead atoms. The van der Waals surface area contributed by atoms with Crippen LogP contribution in [0.4, 0.5) is 8.78 Å². The minimum atomic E-state index is -0.724. The summed E-state index contributed by atoms with van der Waals surface area (Å²) < 4.78 is 30.6. The third kappa shape index (κ3) is 3.93. The summed E-state index contributed by atoms with van der Waals surface area (Å²) in [5.74, 6) is -1.28. The van der Waals surface area contributed by atoms with E-state index in [-0.39, 0.29) is 18.2 Å². The van der Waals surface area contributed by atoms with Gasteiger partial charge in [0.05, 0.1) is 12.4 Å². The van der Waals surface area contributed by atoms with Gasteiger partial charge in [-0.05, 0) is 18.6 Å². The molecule has 0 aliphatic carbocycles. The number of ether oxygens (including phenoxy) is 1. The molecule has 0 saturated carbocycles. The lowest BCUT2D eigenvalue weighted by Gasteiger charge is -2.06. The SMILES string of the molecule is N=C(N)CCCOc1ccc(F)cc1F. The molecule has 0 spiro atoms. The second-order valence-electron chi connectivity index (χ2n) is 3.05. The van der Waals surface area contributed by atoms with Crippen LogP contribution >= 0.6 is 0 Å². The van der Waals surface area contributed by atoms with Gasteiger partial charge >= 0.3 is 0 Å². The lowest BCUT2D eigenvalue weighted by Crippen LogP contribution is -2.11. The first kappa shape index (κ1) is 11.4. The van der Waals surface area contributed by atoms with Gasteiger partial charge in [0.2, 0.25) is 0 Å². The number of hydrogen-bond donors (Lipinski definition) is 2. The van der Waals surface area contributed by atoms with E-state index in [4.69, 9.17) is 15.9 Å². The molecular formula is C10H12F2N2O. The third-order valence-corrected chi connectivity index (χ3v) is 1.74. The Morgan fingerprint density at radius 2 is 2.13 bits per heavy atom. The van der Waals surface area contributed by atoms with Crippen LogP contribution in [0.2, 0.25) is 0 Å². The number of halogens is 2. The van der Waals surface area contributed by atoms with Crippen molar-refractivity contribution in [1.82, 2.24) is 0 Å². The van der Waals surface area contributed by atoms with Crippen molar-refractivity contribution in [3.63, 3.8) is 0 Å². The van der Waals surface area contributed by atoms with Gasteiger partial charge in [-0.25, -0.2) is 8.78 Å². The van der Waals surface area contributed by atoms with Gasteiger partial charge in [0, 0.05) is 12.5 Å². The van der Waals surface area contributed by atoms with Crippen molar-refractivity contribution in [3.05, 3.63) is 29.8 Å².